The predicted octanol–water partition coefficient (Wildman–Crippen LogP) is 0.0619. The molecule has 9 nitrogen and oxygen atoms in total. The second kappa shape index (κ2) is 8.95. The first-order valence-corrected chi connectivity index (χ1v) is 13.0. The van der Waals surface area contributed by atoms with Crippen molar-refractivity contribution >= 4 is 21.7 Å². The molecule has 29 heavy (non-hydrogen) atoms. The Balaban J connectivity index is 2.45. The van der Waals surface area contributed by atoms with Crippen LogP contribution in [-0.4, -0.2) is 29.8 Å². The fourth-order valence-corrected chi connectivity index (χ4v) is 4.46. The van der Waals surface area contributed by atoms with Gasteiger partial charge < -0.3 is 0 Å². The molecule has 2 N–H and O–H groups in total. The Bertz CT molecular complexity index is 1030. The van der Waals surface area contributed by atoms with Gasteiger partial charge >= 0.3 is 180 Å². The molecule has 2 aromatic carbocycles. The number of urea groups is 1. The summed E-state index contributed by atoms with van der Waals surface area (Å²) in [6.07, 6.45) is 0. The van der Waals surface area contributed by atoms with E-state index in [0.717, 1.165) is 15.7 Å². The van der Waals surface area contributed by atoms with Crippen LogP contribution in [0.5, 0.6) is 11.5 Å². The number of non-ortho nitro benzene ring substituents is 1. The molecule has 0 aliphatic carbocycles. The summed E-state index contributed by atoms with van der Waals surface area (Å²) in [5.74, 6) is 0.270. The van der Waals surface area contributed by atoms with E-state index in [2.05, 4.69) is 10.2 Å². The molecule has 0 unspecified atom stereocenters. The second-order valence-corrected chi connectivity index (χ2v) is 10.9. The molecule has 0 saturated heterocycles. The quantitative estimate of drug-likeness (QED) is 0.234. The molecular weight excluding hydrogens is 513 g/mol. The van der Waals surface area contributed by atoms with E-state index < -0.39 is 37.1 Å². The van der Waals surface area contributed by atoms with E-state index in [1.165, 1.54) is 6.07 Å². The zero-order chi connectivity index (χ0) is 21.8. The van der Waals surface area contributed by atoms with Gasteiger partial charge in [0, 0.05) is 0 Å². The summed E-state index contributed by atoms with van der Waals surface area (Å²) in [7, 11) is -4.44. The molecule has 11 heteroatoms. The second-order valence-electron chi connectivity index (χ2n) is 6.95. The van der Waals surface area contributed by atoms with Crippen molar-refractivity contribution in [2.24, 2.45) is 0 Å². The van der Waals surface area contributed by atoms with Gasteiger partial charge in [-0.2, -0.15) is 0 Å². The Hall–Kier alpha value is -2.41. The van der Waals surface area contributed by atoms with Crippen LogP contribution in [0.3, 0.4) is 0 Å². The first-order valence-electron chi connectivity index (χ1n) is 8.32. The molecule has 0 heterocycles. The maximum absolute atomic E-state index is 12.8. The Kier molecular flexibility index (Phi) is 7.06. The van der Waals surface area contributed by atoms with E-state index in [9.17, 15) is 23.3 Å². The summed E-state index contributed by atoms with van der Waals surface area (Å²) in [6.45, 7) is 5.05. The van der Waals surface area contributed by atoms with Crippen LogP contribution in [-0.2, 0) is 10.0 Å². The van der Waals surface area contributed by atoms with Crippen LogP contribution in [0.25, 0.3) is 0 Å². The number of halogens is 1. The average molecular weight is 534 g/mol. The molecule has 0 aliphatic rings. The van der Waals surface area contributed by atoms with Crippen molar-refractivity contribution in [1.82, 2.24) is 10.0 Å². The third-order valence-corrected chi connectivity index (χ3v) is 6.65. The maximum atomic E-state index is 12.8. The van der Waals surface area contributed by atoms with Crippen LogP contribution < -0.4 is 36.0 Å². The molecule has 0 atom stereocenters. The monoisotopic (exact) mass is 534 g/mol. The minimum absolute atomic E-state index is 0.127. The topological polar surface area (TPSA) is 128 Å². The van der Waals surface area contributed by atoms with E-state index in [-0.39, 0.29) is 27.0 Å². The van der Waals surface area contributed by atoms with Gasteiger partial charge in [-0.05, 0) is 0 Å². The van der Waals surface area contributed by atoms with Gasteiger partial charge in [-0.25, -0.2) is 0 Å². The van der Waals surface area contributed by atoms with Gasteiger partial charge in [0.05, 0.1) is 0 Å². The molecule has 0 spiro atoms. The predicted molar refractivity (Wildman–Crippen MR) is 103 cm³/mol. The molecule has 158 valence electrons. The summed E-state index contributed by atoms with van der Waals surface area (Å²) >= 11 is -0.208. The molecule has 2 rings (SSSR count). The van der Waals surface area contributed by atoms with E-state index in [4.69, 9.17) is 4.74 Å². The van der Waals surface area contributed by atoms with Crippen molar-refractivity contribution in [2.75, 3.05) is 4.93 Å². The zero-order valence-electron chi connectivity index (χ0n) is 16.2. The molecular formula is C18H21IN3O6S-. The Morgan fingerprint density at radius 3 is 2.45 bits per heavy atom. The number of hydrogen-bond acceptors (Lipinski definition) is 6. The first-order chi connectivity index (χ1) is 13.4. The number of sulfonamides is 1. The van der Waals surface area contributed by atoms with Crippen molar-refractivity contribution in [3.8, 4) is 11.5 Å². The number of nitro benzene ring substituents is 1. The molecule has 0 bridgehead atoms. The molecule has 0 aliphatic heterocycles. The minimum atomic E-state index is -4.44. The van der Waals surface area contributed by atoms with Gasteiger partial charge in [-0.15, -0.1) is 0 Å². The van der Waals surface area contributed by atoms with Crippen molar-refractivity contribution < 1.29 is 44.1 Å². The van der Waals surface area contributed by atoms with Gasteiger partial charge in [0.2, 0.25) is 0 Å². The number of benzene rings is 2. The van der Waals surface area contributed by atoms with Gasteiger partial charge in [0.25, 0.3) is 0 Å². The third kappa shape index (κ3) is 6.56. The molecule has 2 aromatic rings. The fraction of sp³-hybridized carbons (Fsp3) is 0.278. The zero-order valence-corrected chi connectivity index (χ0v) is 19.2. The summed E-state index contributed by atoms with van der Waals surface area (Å²) in [4.78, 5) is 24.0. The number of carbonyl (C=O) groups excluding carboxylic acids is 1. The van der Waals surface area contributed by atoms with Crippen LogP contribution in [0.15, 0.2) is 47.4 Å². The molecule has 0 fully saturated rings. The molecule has 2 amide bonds. The number of carbonyl (C=O) groups is 1. The summed E-state index contributed by atoms with van der Waals surface area (Å²) < 4.78 is 34.2. The van der Waals surface area contributed by atoms with E-state index in [0.29, 0.717) is 5.75 Å². The van der Waals surface area contributed by atoms with Crippen LogP contribution in [0.4, 0.5) is 10.5 Å². The van der Waals surface area contributed by atoms with Gasteiger partial charge in [0.1, 0.15) is 0 Å². The van der Waals surface area contributed by atoms with Crippen LogP contribution >= 0.6 is 0 Å². The normalized spacial score (nSPS) is 11.7. The standard InChI is InChI=1S/C18H21IN3O6S/c1-18(2,3)20-17(23)21-29(26,27)16-11-13(22(24)25)8-9-15(16)28-14-7-5-6-12(10-14)19-4/h5-11H,1-4H3,(H2,20,21,23)/q-1. The number of nitrogens with zero attached hydrogens (tertiary/aromatic N) is 1. The van der Waals surface area contributed by atoms with E-state index in [1.807, 2.05) is 10.8 Å². The number of hydrogen-bond donors (Lipinski definition) is 2. The van der Waals surface area contributed by atoms with Crippen molar-refractivity contribution in [3.05, 3.63) is 56.1 Å². The summed E-state index contributed by atoms with van der Waals surface area (Å²) in [5.41, 5.74) is -1.12. The number of ether oxygens (including phenoxy) is 1. The third-order valence-electron chi connectivity index (χ3n) is 3.39. The average Bonchev–Trinajstić information content (AvgIpc) is 2.59. The van der Waals surface area contributed by atoms with Gasteiger partial charge in [0.15, 0.2) is 0 Å². The number of nitrogens with one attached hydrogen (secondary N) is 2. The van der Waals surface area contributed by atoms with E-state index >= 15 is 0 Å². The van der Waals surface area contributed by atoms with Gasteiger partial charge in [-0.1, -0.05) is 0 Å². The fourth-order valence-electron chi connectivity index (χ4n) is 2.22. The van der Waals surface area contributed by atoms with Crippen molar-refractivity contribution in [2.45, 2.75) is 31.2 Å². The number of alkyl halides is 1. The Morgan fingerprint density at radius 2 is 1.86 bits per heavy atom. The van der Waals surface area contributed by atoms with Crippen LogP contribution in [0.2, 0.25) is 0 Å². The van der Waals surface area contributed by atoms with Gasteiger partial charge in [-0.3, -0.25) is 0 Å². The Labute approximate surface area is 179 Å². The molecule has 0 aromatic heterocycles. The van der Waals surface area contributed by atoms with E-state index in [1.54, 1.807) is 39.0 Å². The molecule has 0 radical (unpaired) electrons. The van der Waals surface area contributed by atoms with Crippen LogP contribution in [0, 0.1) is 13.7 Å². The molecule has 0 saturated carbocycles. The number of nitro groups is 1. The first kappa shape index (κ1) is 22.9. The summed E-state index contributed by atoms with van der Waals surface area (Å²) in [6, 6.07) is 9.40. The van der Waals surface area contributed by atoms with Crippen molar-refractivity contribution in [1.29, 1.82) is 0 Å². The Morgan fingerprint density at radius 1 is 1.17 bits per heavy atom. The summed E-state index contributed by atoms with van der Waals surface area (Å²) in [5, 5.41) is 13.6. The number of rotatable bonds is 6. The number of amides is 2. The van der Waals surface area contributed by atoms with Crippen molar-refractivity contribution in [3.63, 3.8) is 0 Å². The van der Waals surface area contributed by atoms with Crippen LogP contribution in [0.1, 0.15) is 20.8 Å². The SMILES string of the molecule is C[I-]c1cccc(Oc2ccc([N+](=O)[O-])cc2S(=O)(=O)NC(=O)NC(C)(C)C)c1.